The fraction of sp³-hybridized carbons (Fsp3) is 1.00. The number of alkyl halides is 3. The molecule has 0 aliphatic heterocycles. The number of rotatable bonds is 5. The van der Waals surface area contributed by atoms with Gasteiger partial charge in [0.15, 0.2) is 0 Å². The molecule has 0 spiro atoms. The average Bonchev–Trinajstić information content (AvgIpc) is 2.42. The van der Waals surface area contributed by atoms with Gasteiger partial charge in [0, 0.05) is 12.5 Å². The molecule has 2 unspecified atom stereocenters. The molecule has 0 bridgehead atoms. The molecule has 0 radical (unpaired) electrons. The Hall–Kier alpha value is -0.290. The van der Waals surface area contributed by atoms with E-state index in [1.54, 1.807) is 0 Å². The molecule has 0 aromatic rings. The van der Waals surface area contributed by atoms with E-state index in [1.807, 2.05) is 0 Å². The minimum atomic E-state index is -4.04. The quantitative estimate of drug-likeness (QED) is 0.583. The van der Waals surface area contributed by atoms with Crippen molar-refractivity contribution in [2.24, 2.45) is 0 Å². The molecular weight excluding hydrogens is 231 g/mol. The Kier molecular flexibility index (Phi) is 6.27. The van der Waals surface area contributed by atoms with Gasteiger partial charge >= 0.3 is 6.18 Å². The molecule has 2 atom stereocenters. The maximum Gasteiger partial charge on any atom is 0.389 e. The Bertz CT molecular complexity index is 208. The van der Waals surface area contributed by atoms with Crippen LogP contribution in [0.1, 0.15) is 51.4 Å². The number of hydrogen-bond donors (Lipinski definition) is 2. The van der Waals surface area contributed by atoms with E-state index in [-0.39, 0.29) is 18.6 Å². The predicted molar refractivity (Wildman–Crippen MR) is 60.8 cm³/mol. The first-order valence-corrected chi connectivity index (χ1v) is 6.47. The summed E-state index contributed by atoms with van der Waals surface area (Å²) in [5.41, 5.74) is 0. The summed E-state index contributed by atoms with van der Waals surface area (Å²) in [7, 11) is 0. The lowest BCUT2D eigenvalue weighted by Gasteiger charge is -2.21. The highest BCUT2D eigenvalue weighted by Crippen LogP contribution is 2.22. The van der Waals surface area contributed by atoms with E-state index in [1.165, 1.54) is 0 Å². The molecule has 5 heteroatoms. The van der Waals surface area contributed by atoms with Crippen molar-refractivity contribution >= 4 is 0 Å². The van der Waals surface area contributed by atoms with Gasteiger partial charge in [-0.1, -0.05) is 19.3 Å². The zero-order chi connectivity index (χ0) is 12.7. The lowest BCUT2D eigenvalue weighted by atomic mass is 10.1. The van der Waals surface area contributed by atoms with E-state index in [0.717, 1.165) is 32.1 Å². The summed E-state index contributed by atoms with van der Waals surface area (Å²) in [6, 6.07) is 0.0726. The van der Waals surface area contributed by atoms with Crippen molar-refractivity contribution in [3.05, 3.63) is 0 Å². The topological polar surface area (TPSA) is 32.3 Å². The average molecular weight is 253 g/mol. The van der Waals surface area contributed by atoms with Gasteiger partial charge in [-0.05, 0) is 32.2 Å². The van der Waals surface area contributed by atoms with E-state index >= 15 is 0 Å². The Morgan fingerprint density at radius 3 is 2.47 bits per heavy atom. The largest absolute Gasteiger partial charge is 0.392 e. The summed E-state index contributed by atoms with van der Waals surface area (Å²) >= 11 is 0. The van der Waals surface area contributed by atoms with Crippen LogP contribution < -0.4 is 5.32 Å². The van der Waals surface area contributed by atoms with Crippen LogP contribution in [0.4, 0.5) is 13.2 Å². The summed E-state index contributed by atoms with van der Waals surface area (Å²) in [5.74, 6) is 0. The van der Waals surface area contributed by atoms with Crippen LogP contribution >= 0.6 is 0 Å². The number of hydrogen-bond acceptors (Lipinski definition) is 2. The van der Waals surface area contributed by atoms with Gasteiger partial charge in [0.1, 0.15) is 0 Å². The third-order valence-corrected chi connectivity index (χ3v) is 3.27. The van der Waals surface area contributed by atoms with Crippen LogP contribution in [-0.2, 0) is 0 Å². The normalized spacial score (nSPS) is 26.8. The number of aliphatic hydroxyl groups excluding tert-OH is 1. The number of unbranched alkanes of at least 4 members (excludes halogenated alkanes) is 1. The highest BCUT2D eigenvalue weighted by atomic mass is 19.4. The van der Waals surface area contributed by atoms with Gasteiger partial charge in [-0.3, -0.25) is 0 Å². The first-order chi connectivity index (χ1) is 7.99. The summed E-state index contributed by atoms with van der Waals surface area (Å²) in [6.07, 6.45) is 0.626. The minimum Gasteiger partial charge on any atom is -0.392 e. The van der Waals surface area contributed by atoms with Crippen molar-refractivity contribution in [3.8, 4) is 0 Å². The van der Waals surface area contributed by atoms with Gasteiger partial charge in [-0.2, -0.15) is 13.2 Å². The van der Waals surface area contributed by atoms with E-state index in [2.05, 4.69) is 5.32 Å². The summed E-state index contributed by atoms with van der Waals surface area (Å²) in [6.45, 7) is 0.567. The summed E-state index contributed by atoms with van der Waals surface area (Å²) < 4.78 is 35.7. The molecule has 1 aliphatic carbocycles. The molecule has 102 valence electrons. The molecule has 2 N–H and O–H groups in total. The van der Waals surface area contributed by atoms with Crippen LogP contribution in [0, 0.1) is 0 Å². The van der Waals surface area contributed by atoms with Crippen molar-refractivity contribution in [3.63, 3.8) is 0 Å². The van der Waals surface area contributed by atoms with Gasteiger partial charge in [0.2, 0.25) is 0 Å². The van der Waals surface area contributed by atoms with Gasteiger partial charge in [-0.25, -0.2) is 0 Å². The number of nitrogens with one attached hydrogen (secondary N) is 1. The van der Waals surface area contributed by atoms with Crippen LogP contribution in [0.5, 0.6) is 0 Å². The van der Waals surface area contributed by atoms with E-state index < -0.39 is 12.6 Å². The molecular formula is C12H22F3NO. The summed E-state index contributed by atoms with van der Waals surface area (Å²) in [5, 5.41) is 13.0. The zero-order valence-corrected chi connectivity index (χ0v) is 10.1. The maximum atomic E-state index is 11.9. The lowest BCUT2D eigenvalue weighted by molar-refractivity contribution is -0.135. The number of halogens is 3. The van der Waals surface area contributed by atoms with Crippen molar-refractivity contribution in [1.82, 2.24) is 5.32 Å². The monoisotopic (exact) mass is 253 g/mol. The molecule has 1 rings (SSSR count). The third kappa shape index (κ3) is 6.88. The fourth-order valence-corrected chi connectivity index (χ4v) is 2.26. The second-order valence-corrected chi connectivity index (χ2v) is 4.84. The van der Waals surface area contributed by atoms with Crippen LogP contribution in [0.15, 0.2) is 0 Å². The lowest BCUT2D eigenvalue weighted by Crippen LogP contribution is -2.39. The molecule has 0 aromatic heterocycles. The molecule has 2 nitrogen and oxygen atoms in total. The van der Waals surface area contributed by atoms with Gasteiger partial charge in [-0.15, -0.1) is 0 Å². The van der Waals surface area contributed by atoms with Gasteiger partial charge < -0.3 is 10.4 Å². The molecule has 0 amide bonds. The van der Waals surface area contributed by atoms with Crippen molar-refractivity contribution in [2.45, 2.75) is 69.7 Å². The number of aliphatic hydroxyl groups is 1. The van der Waals surface area contributed by atoms with Crippen molar-refractivity contribution in [2.75, 3.05) is 6.54 Å². The van der Waals surface area contributed by atoms with Gasteiger partial charge in [0.05, 0.1) is 6.10 Å². The molecule has 1 aliphatic rings. The highest BCUT2D eigenvalue weighted by molar-refractivity contribution is 4.78. The Labute approximate surface area is 101 Å². The van der Waals surface area contributed by atoms with Crippen LogP contribution in [-0.4, -0.2) is 30.0 Å². The van der Waals surface area contributed by atoms with E-state index in [9.17, 15) is 18.3 Å². The van der Waals surface area contributed by atoms with Gasteiger partial charge in [0.25, 0.3) is 0 Å². The SMILES string of the molecule is OC1CCCCCC1NCCCCC(F)(F)F. The van der Waals surface area contributed by atoms with Crippen LogP contribution in [0.3, 0.4) is 0 Å². The Morgan fingerprint density at radius 1 is 1.06 bits per heavy atom. The van der Waals surface area contributed by atoms with Crippen molar-refractivity contribution in [1.29, 1.82) is 0 Å². The zero-order valence-electron chi connectivity index (χ0n) is 10.1. The third-order valence-electron chi connectivity index (χ3n) is 3.27. The molecule has 1 fully saturated rings. The van der Waals surface area contributed by atoms with Crippen LogP contribution in [0.2, 0.25) is 0 Å². The predicted octanol–water partition coefficient (Wildman–Crippen LogP) is 3.00. The molecule has 0 heterocycles. The highest BCUT2D eigenvalue weighted by Gasteiger charge is 2.26. The standard InChI is InChI=1S/C12H22F3NO/c13-12(14,15)8-4-5-9-16-10-6-2-1-3-7-11(10)17/h10-11,16-17H,1-9H2. The van der Waals surface area contributed by atoms with E-state index in [4.69, 9.17) is 0 Å². The fourth-order valence-electron chi connectivity index (χ4n) is 2.26. The smallest absolute Gasteiger partial charge is 0.389 e. The van der Waals surface area contributed by atoms with Crippen molar-refractivity contribution < 1.29 is 18.3 Å². The maximum absolute atomic E-state index is 11.9. The Balaban J connectivity index is 2.08. The second kappa shape index (κ2) is 7.21. The molecule has 0 aromatic carbocycles. The molecule has 17 heavy (non-hydrogen) atoms. The minimum absolute atomic E-state index is 0.0726. The van der Waals surface area contributed by atoms with Crippen LogP contribution in [0.25, 0.3) is 0 Å². The summed E-state index contributed by atoms with van der Waals surface area (Å²) in [4.78, 5) is 0. The molecule has 1 saturated carbocycles. The molecule has 0 saturated heterocycles. The second-order valence-electron chi connectivity index (χ2n) is 4.84. The Morgan fingerprint density at radius 2 is 1.76 bits per heavy atom. The first-order valence-electron chi connectivity index (χ1n) is 6.47. The first kappa shape index (κ1) is 14.8. The van der Waals surface area contributed by atoms with E-state index in [0.29, 0.717) is 13.0 Å².